The largest absolute Gasteiger partial charge is 2.00 e. The number of Topliss-reactive ketones (excluding diaryl/α,β-unsaturated/α-hetero) is 1. The maximum absolute atomic E-state index is 13.8. The fraction of sp³-hybridized carbons (Fsp3) is 0.618. The summed E-state index contributed by atoms with van der Waals surface area (Å²) in [6, 6.07) is 40.1. The average molecular weight is 1430 g/mol. The molecule has 8 aliphatic carbocycles. The van der Waals surface area contributed by atoms with E-state index in [0.29, 0.717) is 40.3 Å². The van der Waals surface area contributed by atoms with Crippen LogP contribution in [0.5, 0.6) is 0 Å². The van der Waals surface area contributed by atoms with Crippen molar-refractivity contribution in [3.63, 3.8) is 0 Å². The van der Waals surface area contributed by atoms with Crippen LogP contribution in [0.3, 0.4) is 0 Å². The Morgan fingerprint density at radius 3 is 1.08 bits per heavy atom. The molecule has 32 radical (unpaired) electrons. The van der Waals surface area contributed by atoms with Gasteiger partial charge in [-0.3, -0.25) is 14.4 Å². The predicted molar refractivity (Wildman–Crippen MR) is 477 cm³/mol. The summed E-state index contributed by atoms with van der Waals surface area (Å²) in [5, 5.41) is 22.8. The average Bonchev–Trinajstić information content (AvgIpc) is 1.42. The van der Waals surface area contributed by atoms with Crippen LogP contribution in [0, 0.1) is 86.9 Å². The molecule has 8 aliphatic rings. The first-order valence-corrected chi connectivity index (χ1v) is 38.9. The first kappa shape index (κ1) is 92.3. The van der Waals surface area contributed by atoms with Crippen LogP contribution in [0.15, 0.2) is 109 Å². The number of aliphatic hydroxyl groups is 2. The van der Waals surface area contributed by atoms with Crippen molar-refractivity contribution in [3.8, 4) is 22.3 Å². The van der Waals surface area contributed by atoms with Gasteiger partial charge in [-0.1, -0.05) is 113 Å². The molecule has 16 atom stereocenters. The molecule has 8 saturated carbocycles. The normalized spacial score (nSPS) is 31.0. The maximum atomic E-state index is 13.8. The van der Waals surface area contributed by atoms with Gasteiger partial charge in [0.1, 0.15) is 0 Å². The van der Waals surface area contributed by atoms with Gasteiger partial charge >= 0.3 is 23.1 Å². The summed E-state index contributed by atoms with van der Waals surface area (Å²) < 4.78 is 0. The standard InChI is InChI=1S/C33H42O2.C23H39NO3.C12H9.B30.BrH.Mg/c1-31(35)19-20-32(2)25(21-31)13-14-26-27-15-16-29(33(27,3)18-17-28(26)32)30(34)24-11-9-23(10-12-24)22-7-5-4-6-8-22;1-21(26)12-13-22(2)15(14-21)6-7-16-17-8-9-19(20(25)24(4)27-5)23(17,3)11-10-18(16)22;1-3-7-11(8-4-1)12-9-5-2-6-10-12;1-17(2)25(18(3)4)29(26(19(5)6)20(7)8)30(27(21(9)10)22(11)12)28(23(13)14)24(15)16;;/h4-12,25-29,35H,13-21H2,1-3H3;15-19,26H,6-14H2,1-5H3;1,3-10H;;1H;/q;;-1;;;+2/p-1/t25-,26+,27+,28+,29-,31-,32+,33+;15-,16+,17+,18+,19-,21-,22+,23+;;;;/m11..../s1. The van der Waals surface area contributed by atoms with E-state index in [-0.39, 0.29) is 68.6 Å². The molecule has 12 rings (SSSR count). The summed E-state index contributed by atoms with van der Waals surface area (Å²) in [5.74, 6) is 6.60. The molecule has 4 aromatic rings. The van der Waals surface area contributed by atoms with Crippen molar-refractivity contribution in [2.45, 2.75) is 168 Å². The molecule has 496 valence electrons. The predicted octanol–water partition coefficient (Wildman–Crippen LogP) is 0.715. The van der Waals surface area contributed by atoms with E-state index >= 15 is 0 Å². The van der Waals surface area contributed by atoms with Gasteiger partial charge < -0.3 is 27.2 Å². The molecule has 2 N–H and O–H groups in total. The van der Waals surface area contributed by atoms with Crippen molar-refractivity contribution in [3.05, 3.63) is 121 Å². The third-order valence-corrected chi connectivity index (χ3v) is 29.0. The minimum Gasteiger partial charge on any atom is -1.00 e. The van der Waals surface area contributed by atoms with Crippen LogP contribution < -0.4 is 17.0 Å². The molecule has 0 bridgehead atoms. The summed E-state index contributed by atoms with van der Waals surface area (Å²) in [7, 11) is 99.7. The second-order valence-corrected chi connectivity index (χ2v) is 35.1. The number of amides is 1. The zero-order valence-corrected chi connectivity index (χ0v) is 67.9. The van der Waals surface area contributed by atoms with Crippen LogP contribution in [0.25, 0.3) is 22.3 Å². The van der Waals surface area contributed by atoms with Crippen molar-refractivity contribution in [1.29, 1.82) is 0 Å². The molecule has 8 fully saturated rings. The molecule has 4 aromatic carbocycles. The SMILES string of the molecule is CON(C)C(=O)[C@H]1CC[C@H]2[C@@H]3CC[C@@H]4C[C@](C)(O)CC[C@]4(C)[C@H]3CC[C@]12C.C[C@@]1(O)CC[C@@]2(C)[C@H](CC[C@@H]3[C@@H]2CC[C@]2(C)[C@@H](C(=O)c4ccc(-c5ccccc5)cc4)CC[C@@H]32)C1.[B]B([B])B(B([B])[B])B(B(B([B])[B])B([B])[B])B(B(B([B])[B])B([B])[B])B(B([B])[B])B([B])[B].[Br-].[Mg+2].[c-]1ccc(-c2ccccc2)cc1. The smallest absolute Gasteiger partial charge is 1.00 e. The van der Waals surface area contributed by atoms with Gasteiger partial charge in [-0.15, -0.1) is 5.56 Å². The van der Waals surface area contributed by atoms with Gasteiger partial charge in [-0.2, -0.15) is 30.3 Å². The number of hydrogen-bond donors (Lipinski definition) is 2. The Bertz CT molecular complexity index is 3260. The van der Waals surface area contributed by atoms with E-state index in [0.717, 1.165) is 67.8 Å². The van der Waals surface area contributed by atoms with E-state index in [9.17, 15) is 19.8 Å². The summed E-state index contributed by atoms with van der Waals surface area (Å²) in [6.45, 7) is 14.0. The summed E-state index contributed by atoms with van der Waals surface area (Å²) in [5.41, 5.74) is 5.87. The van der Waals surface area contributed by atoms with Gasteiger partial charge in [0.05, 0.1) is 18.3 Å². The van der Waals surface area contributed by atoms with Crippen LogP contribution in [0.2, 0.25) is 0 Å². The number of hydroxylamine groups is 2. The quantitative estimate of drug-likeness (QED) is 0.0627. The van der Waals surface area contributed by atoms with Gasteiger partial charge in [-0.05, 0) is 215 Å². The van der Waals surface area contributed by atoms with Crippen molar-refractivity contribution in [2.75, 3.05) is 14.2 Å². The van der Waals surface area contributed by atoms with Gasteiger partial charge in [-0.25, -0.2) is 5.06 Å². The monoisotopic (exact) mass is 1430 g/mol. The molecule has 0 aliphatic heterocycles. The second kappa shape index (κ2) is 38.7. The maximum Gasteiger partial charge on any atom is 2.00 e. The molecule has 38 heteroatoms. The number of carbonyl (C=O) groups excluding carboxylic acids is 2. The number of fused-ring (bicyclic) bond motifs is 10. The Morgan fingerprint density at radius 1 is 0.406 bits per heavy atom. The Hall–Kier alpha value is -0.906. The number of rotatable bonds is 19. The summed E-state index contributed by atoms with van der Waals surface area (Å²) in [4.78, 5) is 32.0. The molecule has 0 heterocycles. The molecule has 0 spiro atoms. The van der Waals surface area contributed by atoms with Gasteiger partial charge in [0, 0.05) is 238 Å². The fourth-order valence-corrected chi connectivity index (χ4v) is 23.5. The molecule has 106 heavy (non-hydrogen) atoms. The van der Waals surface area contributed by atoms with Gasteiger partial charge in [0.2, 0.25) is 5.91 Å². The molecule has 6 nitrogen and oxygen atoms in total. The van der Waals surface area contributed by atoms with Crippen LogP contribution in [0.1, 0.15) is 167 Å². The van der Waals surface area contributed by atoms with Crippen LogP contribution in [-0.2, 0) is 9.63 Å². The van der Waals surface area contributed by atoms with Crippen molar-refractivity contribution in [2.24, 2.45) is 80.8 Å². The zero-order valence-electron chi connectivity index (χ0n) is 64.9. The van der Waals surface area contributed by atoms with Crippen molar-refractivity contribution >= 4 is 248 Å². The number of benzene rings is 4. The Labute approximate surface area is 695 Å². The Morgan fingerprint density at radius 2 is 0.726 bits per heavy atom. The zero-order chi connectivity index (χ0) is 76.3. The van der Waals surface area contributed by atoms with Crippen LogP contribution in [-0.4, -0.2) is 289 Å². The van der Waals surface area contributed by atoms with Crippen LogP contribution >= 0.6 is 0 Å². The first-order chi connectivity index (χ1) is 48.9. The van der Waals surface area contributed by atoms with Crippen molar-refractivity contribution in [1.82, 2.24) is 5.06 Å². The molecule has 0 unspecified atom stereocenters. The number of nitrogens with zero attached hydrogens (tertiary/aromatic N) is 1. The third-order valence-electron chi connectivity index (χ3n) is 29.0. The number of ketones is 1. The van der Waals surface area contributed by atoms with Gasteiger partial charge in [0.25, 0.3) is 0 Å². The Balaban J connectivity index is 0.000000205. The minimum atomic E-state index is -1.07. The second-order valence-electron chi connectivity index (χ2n) is 35.1. The van der Waals surface area contributed by atoms with Crippen molar-refractivity contribution < 1.29 is 41.6 Å². The third kappa shape index (κ3) is 20.1. The van der Waals surface area contributed by atoms with Crippen LogP contribution in [0.4, 0.5) is 0 Å². The van der Waals surface area contributed by atoms with E-state index in [1.54, 1.807) is 14.2 Å². The van der Waals surface area contributed by atoms with E-state index in [4.69, 9.17) is 129 Å². The summed E-state index contributed by atoms with van der Waals surface area (Å²) in [6.07, 6.45) is 6.99. The minimum absolute atomic E-state index is 0. The molecular formula is C68H90B30BrMgNO5. The van der Waals surface area contributed by atoms with Gasteiger partial charge in [0.15, 0.2) is 5.78 Å². The fourth-order valence-electron chi connectivity index (χ4n) is 23.5. The number of carbonyl (C=O) groups is 2. The van der Waals surface area contributed by atoms with E-state index in [2.05, 4.69) is 113 Å². The summed E-state index contributed by atoms with van der Waals surface area (Å²) >= 11 is 0. The number of hydrogen-bond acceptors (Lipinski definition) is 5. The number of halogens is 1. The topological polar surface area (TPSA) is 87.1 Å². The molecule has 0 aromatic heterocycles. The molecule has 1 amide bonds. The Kier molecular flexibility index (Phi) is 33.7. The van der Waals surface area contributed by atoms with E-state index in [1.165, 1.54) is 104 Å². The van der Waals surface area contributed by atoms with E-state index < -0.39 is 101 Å². The molecular weight excluding hydrogens is 1340 g/mol. The molecule has 0 saturated heterocycles. The first-order valence-electron chi connectivity index (χ1n) is 38.9. The van der Waals surface area contributed by atoms with E-state index in [1.807, 2.05) is 43.3 Å².